The van der Waals surface area contributed by atoms with Crippen molar-refractivity contribution in [1.82, 2.24) is 9.55 Å². The molecule has 3 aromatic rings. The summed E-state index contributed by atoms with van der Waals surface area (Å²) < 4.78 is 15.6. The molecule has 18 heavy (non-hydrogen) atoms. The van der Waals surface area contributed by atoms with Crippen molar-refractivity contribution in [3.05, 3.63) is 54.1 Å². The Labute approximate surface area is 104 Å². The Kier molecular flexibility index (Phi) is 2.30. The molecule has 0 saturated heterocycles. The third-order valence-corrected chi connectivity index (χ3v) is 3.17. The molecule has 0 spiro atoms. The van der Waals surface area contributed by atoms with E-state index in [9.17, 15) is 4.39 Å². The van der Waals surface area contributed by atoms with E-state index < -0.39 is 0 Å². The second kappa shape index (κ2) is 3.84. The van der Waals surface area contributed by atoms with Gasteiger partial charge in [0.05, 0.1) is 17.4 Å². The highest BCUT2D eigenvalue weighted by Gasteiger charge is 2.14. The zero-order chi connectivity index (χ0) is 12.7. The molecule has 0 aliphatic rings. The van der Waals surface area contributed by atoms with Crippen LogP contribution in [0.1, 0.15) is 5.56 Å². The van der Waals surface area contributed by atoms with Gasteiger partial charge in [-0.3, -0.25) is 9.55 Å². The second-order valence-corrected chi connectivity index (χ2v) is 4.19. The van der Waals surface area contributed by atoms with Crippen molar-refractivity contribution in [3.63, 3.8) is 0 Å². The molecule has 0 fully saturated rings. The molecular weight excluding hydrogens is 229 g/mol. The number of nitrogens with zero attached hydrogens (tertiary/aromatic N) is 2. The maximum absolute atomic E-state index is 13.9. The van der Waals surface area contributed by atoms with E-state index in [1.165, 1.54) is 6.20 Å². The number of rotatable bonds is 1. The summed E-state index contributed by atoms with van der Waals surface area (Å²) in [4.78, 5) is 3.76. The van der Waals surface area contributed by atoms with E-state index in [0.29, 0.717) is 11.5 Å². The quantitative estimate of drug-likeness (QED) is 0.711. The summed E-state index contributed by atoms with van der Waals surface area (Å²) in [6.07, 6.45) is 2.75. The standard InChI is InChI=1S/C14H12FN3/c1-9-10-4-2-3-5-12(10)18(14(9)16)13-6-7-17-8-11(13)15/h2-8H,16H2,1H3. The molecule has 0 atom stereocenters. The fraction of sp³-hybridized carbons (Fsp3) is 0.0714. The molecule has 0 aliphatic heterocycles. The van der Waals surface area contributed by atoms with Crippen LogP contribution in [0.15, 0.2) is 42.7 Å². The number of benzene rings is 1. The summed E-state index contributed by atoms with van der Waals surface area (Å²) in [7, 11) is 0. The van der Waals surface area contributed by atoms with Crippen molar-refractivity contribution in [2.24, 2.45) is 0 Å². The number of fused-ring (bicyclic) bond motifs is 1. The molecule has 0 amide bonds. The second-order valence-electron chi connectivity index (χ2n) is 4.19. The van der Waals surface area contributed by atoms with Crippen molar-refractivity contribution < 1.29 is 4.39 Å². The fourth-order valence-corrected chi connectivity index (χ4v) is 2.23. The summed E-state index contributed by atoms with van der Waals surface area (Å²) >= 11 is 0. The van der Waals surface area contributed by atoms with E-state index in [1.807, 2.05) is 31.2 Å². The molecule has 0 bridgehead atoms. The molecule has 1 aromatic carbocycles. The lowest BCUT2D eigenvalue weighted by Crippen LogP contribution is -2.03. The first-order valence-corrected chi connectivity index (χ1v) is 5.65. The Hall–Kier alpha value is -2.36. The van der Waals surface area contributed by atoms with Crippen LogP contribution in [0, 0.1) is 12.7 Å². The lowest BCUT2D eigenvalue weighted by molar-refractivity contribution is 0.614. The van der Waals surface area contributed by atoms with Gasteiger partial charge in [0.15, 0.2) is 5.82 Å². The molecule has 0 saturated carbocycles. The number of hydrogen-bond acceptors (Lipinski definition) is 2. The number of anilines is 1. The topological polar surface area (TPSA) is 43.8 Å². The average molecular weight is 241 g/mol. The molecule has 2 aromatic heterocycles. The number of aryl methyl sites for hydroxylation is 1. The van der Waals surface area contributed by atoms with Crippen LogP contribution in [0.2, 0.25) is 0 Å². The van der Waals surface area contributed by atoms with Gasteiger partial charge in [-0.15, -0.1) is 0 Å². The van der Waals surface area contributed by atoms with Crippen molar-refractivity contribution in [3.8, 4) is 5.69 Å². The minimum absolute atomic E-state index is 0.384. The van der Waals surface area contributed by atoms with Gasteiger partial charge in [0.1, 0.15) is 5.82 Å². The van der Waals surface area contributed by atoms with Crippen LogP contribution < -0.4 is 5.73 Å². The number of nitrogen functional groups attached to an aromatic ring is 1. The molecule has 3 rings (SSSR count). The van der Waals surface area contributed by atoms with E-state index in [1.54, 1.807) is 16.8 Å². The van der Waals surface area contributed by atoms with Crippen LogP contribution in [0.4, 0.5) is 10.2 Å². The largest absolute Gasteiger partial charge is 0.385 e. The first-order valence-electron chi connectivity index (χ1n) is 5.65. The van der Waals surface area contributed by atoms with Crippen LogP contribution in [0.5, 0.6) is 0 Å². The molecule has 0 aliphatic carbocycles. The van der Waals surface area contributed by atoms with Crippen LogP contribution >= 0.6 is 0 Å². The molecule has 4 heteroatoms. The van der Waals surface area contributed by atoms with Gasteiger partial charge in [-0.25, -0.2) is 4.39 Å². The number of pyridine rings is 1. The lowest BCUT2D eigenvalue weighted by atomic mass is 10.2. The van der Waals surface area contributed by atoms with E-state index in [-0.39, 0.29) is 5.82 Å². The highest BCUT2D eigenvalue weighted by molar-refractivity contribution is 5.90. The maximum Gasteiger partial charge on any atom is 0.165 e. The third kappa shape index (κ3) is 1.39. The predicted octanol–water partition coefficient (Wildman–Crippen LogP) is 3.06. The fourth-order valence-electron chi connectivity index (χ4n) is 2.23. The van der Waals surface area contributed by atoms with Crippen molar-refractivity contribution in [1.29, 1.82) is 0 Å². The first kappa shape index (κ1) is 10.8. The zero-order valence-electron chi connectivity index (χ0n) is 9.89. The molecule has 2 N–H and O–H groups in total. The van der Waals surface area contributed by atoms with Crippen LogP contribution in [0.25, 0.3) is 16.6 Å². The molecule has 3 nitrogen and oxygen atoms in total. The Bertz CT molecular complexity index is 731. The summed E-state index contributed by atoms with van der Waals surface area (Å²) in [5.74, 6) is 0.172. The van der Waals surface area contributed by atoms with E-state index >= 15 is 0 Å². The Balaban J connectivity index is 2.43. The maximum atomic E-state index is 13.9. The highest BCUT2D eigenvalue weighted by Crippen LogP contribution is 2.31. The summed E-state index contributed by atoms with van der Waals surface area (Å²) in [6, 6.07) is 9.39. The first-order chi connectivity index (χ1) is 8.70. The summed E-state index contributed by atoms with van der Waals surface area (Å²) in [6.45, 7) is 1.94. The molecule has 0 radical (unpaired) electrons. The highest BCUT2D eigenvalue weighted by atomic mass is 19.1. The van der Waals surface area contributed by atoms with Crippen molar-refractivity contribution in [2.45, 2.75) is 6.92 Å². The van der Waals surface area contributed by atoms with E-state index in [0.717, 1.165) is 16.5 Å². The average Bonchev–Trinajstić information content (AvgIpc) is 2.64. The van der Waals surface area contributed by atoms with E-state index in [4.69, 9.17) is 5.73 Å². The SMILES string of the molecule is Cc1c(N)n(-c2ccncc2F)c2ccccc12. The minimum Gasteiger partial charge on any atom is -0.385 e. The van der Waals surface area contributed by atoms with Crippen LogP contribution in [0.3, 0.4) is 0 Å². The molecular formula is C14H12FN3. The monoisotopic (exact) mass is 241 g/mol. The normalized spacial score (nSPS) is 11.0. The van der Waals surface area contributed by atoms with Crippen LogP contribution in [-0.2, 0) is 0 Å². The van der Waals surface area contributed by atoms with E-state index in [2.05, 4.69) is 4.98 Å². The van der Waals surface area contributed by atoms with Crippen LogP contribution in [-0.4, -0.2) is 9.55 Å². The number of halogens is 1. The van der Waals surface area contributed by atoms with Gasteiger partial charge < -0.3 is 5.73 Å². The molecule has 0 unspecified atom stereocenters. The van der Waals surface area contributed by atoms with Gasteiger partial charge in [0, 0.05) is 11.6 Å². The van der Waals surface area contributed by atoms with Gasteiger partial charge in [-0.05, 0) is 24.6 Å². The van der Waals surface area contributed by atoms with Gasteiger partial charge in [0.2, 0.25) is 0 Å². The lowest BCUT2D eigenvalue weighted by Gasteiger charge is -2.08. The van der Waals surface area contributed by atoms with Crippen molar-refractivity contribution >= 4 is 16.7 Å². The summed E-state index contributed by atoms with van der Waals surface area (Å²) in [5.41, 5.74) is 8.38. The Morgan fingerprint density at radius 1 is 1.22 bits per heavy atom. The Morgan fingerprint density at radius 2 is 2.00 bits per heavy atom. The van der Waals surface area contributed by atoms with Gasteiger partial charge in [0.25, 0.3) is 0 Å². The summed E-state index contributed by atoms with van der Waals surface area (Å²) in [5, 5.41) is 1.03. The minimum atomic E-state index is -0.384. The smallest absolute Gasteiger partial charge is 0.165 e. The number of hydrogen-bond donors (Lipinski definition) is 1. The Morgan fingerprint density at radius 3 is 2.78 bits per heavy atom. The number of para-hydroxylation sites is 1. The molecule has 90 valence electrons. The van der Waals surface area contributed by atoms with Crippen molar-refractivity contribution in [2.75, 3.05) is 5.73 Å². The third-order valence-electron chi connectivity index (χ3n) is 3.17. The van der Waals surface area contributed by atoms with Gasteiger partial charge in [-0.1, -0.05) is 18.2 Å². The van der Waals surface area contributed by atoms with Gasteiger partial charge in [-0.2, -0.15) is 0 Å². The number of nitrogens with two attached hydrogens (primary N) is 1. The number of aromatic nitrogens is 2. The molecule has 2 heterocycles. The predicted molar refractivity (Wildman–Crippen MR) is 70.2 cm³/mol. The van der Waals surface area contributed by atoms with Gasteiger partial charge >= 0.3 is 0 Å². The zero-order valence-corrected chi connectivity index (χ0v) is 9.89.